The second-order valence-corrected chi connectivity index (χ2v) is 5.49. The second-order valence-electron chi connectivity index (χ2n) is 3.69. The highest BCUT2D eigenvalue weighted by atomic mass is 79.9. The molecule has 0 unspecified atom stereocenters. The maximum Gasteiger partial charge on any atom is 0.213 e. The van der Waals surface area contributed by atoms with E-state index in [2.05, 4.69) is 15.9 Å². The van der Waals surface area contributed by atoms with Crippen LogP contribution in [-0.4, -0.2) is 10.9 Å². The van der Waals surface area contributed by atoms with Gasteiger partial charge in [-0.2, -0.15) is 5.26 Å². The van der Waals surface area contributed by atoms with Crippen molar-refractivity contribution < 1.29 is 9.90 Å². The van der Waals surface area contributed by atoms with Gasteiger partial charge in [-0.3, -0.25) is 4.79 Å². The smallest absolute Gasteiger partial charge is 0.213 e. The molecule has 5 heteroatoms. The number of nitriles is 1. The Morgan fingerprint density at radius 3 is 2.79 bits per heavy atom. The van der Waals surface area contributed by atoms with Crippen LogP contribution in [0, 0.1) is 11.3 Å². The number of rotatable bonds is 3. The zero-order valence-corrected chi connectivity index (χ0v) is 12.0. The summed E-state index contributed by atoms with van der Waals surface area (Å²) in [7, 11) is 0. The van der Waals surface area contributed by atoms with Crippen molar-refractivity contribution in [2.75, 3.05) is 0 Å². The van der Waals surface area contributed by atoms with Gasteiger partial charge in [-0.1, -0.05) is 12.1 Å². The highest BCUT2D eigenvalue weighted by molar-refractivity contribution is 9.10. The minimum absolute atomic E-state index is 0.0695. The van der Waals surface area contributed by atoms with Crippen LogP contribution < -0.4 is 0 Å². The Kier molecular flexibility index (Phi) is 4.15. The van der Waals surface area contributed by atoms with Gasteiger partial charge in [0.1, 0.15) is 17.4 Å². The molecule has 3 nitrogen and oxygen atoms in total. The average molecular weight is 334 g/mol. The Morgan fingerprint density at radius 1 is 1.42 bits per heavy atom. The molecule has 0 fully saturated rings. The van der Waals surface area contributed by atoms with Gasteiger partial charge in [-0.25, -0.2) is 0 Å². The third kappa shape index (κ3) is 3.11. The quantitative estimate of drug-likeness (QED) is 0.524. The van der Waals surface area contributed by atoms with E-state index in [1.54, 1.807) is 29.6 Å². The minimum atomic E-state index is -0.290. The summed E-state index contributed by atoms with van der Waals surface area (Å²) in [5.74, 6) is -0.179. The van der Waals surface area contributed by atoms with Crippen molar-refractivity contribution in [1.82, 2.24) is 0 Å². The number of nitrogens with zero attached hydrogens (tertiary/aromatic N) is 1. The molecule has 0 saturated carbocycles. The molecule has 0 amide bonds. The van der Waals surface area contributed by atoms with E-state index in [1.165, 1.54) is 23.5 Å². The fourth-order valence-corrected chi connectivity index (χ4v) is 2.54. The molecule has 1 heterocycles. The highest BCUT2D eigenvalue weighted by Crippen LogP contribution is 2.25. The number of Topliss-reactive ketones (excluding diaryl/α,β-unsaturated/α-hetero) is 1. The number of phenolic OH excluding ortho intramolecular Hbond substituents is 1. The Balaban J connectivity index is 2.37. The van der Waals surface area contributed by atoms with E-state index >= 15 is 0 Å². The fourth-order valence-electron chi connectivity index (χ4n) is 1.47. The monoisotopic (exact) mass is 333 g/mol. The topological polar surface area (TPSA) is 61.1 Å². The largest absolute Gasteiger partial charge is 0.507 e. The Morgan fingerprint density at radius 2 is 2.21 bits per heavy atom. The van der Waals surface area contributed by atoms with Crippen molar-refractivity contribution in [2.45, 2.75) is 0 Å². The average Bonchev–Trinajstić information content (AvgIpc) is 2.93. The molecule has 0 radical (unpaired) electrons. The lowest BCUT2D eigenvalue weighted by atomic mass is 10.1. The van der Waals surface area contributed by atoms with Crippen LogP contribution in [0.2, 0.25) is 0 Å². The van der Waals surface area contributed by atoms with Crippen LogP contribution in [0.15, 0.2) is 45.8 Å². The lowest BCUT2D eigenvalue weighted by Crippen LogP contribution is -1.98. The standard InChI is InChI=1S/C14H8BrNO2S/c15-11-7-9(3-4-12(11)17)6-10(8-16)14(18)13-2-1-5-19-13/h1-7,17H. The molecule has 2 rings (SSSR count). The Bertz CT molecular complexity index is 684. The molecule has 0 aliphatic heterocycles. The van der Waals surface area contributed by atoms with Crippen LogP contribution in [-0.2, 0) is 0 Å². The van der Waals surface area contributed by atoms with Gasteiger partial charge in [0.2, 0.25) is 5.78 Å². The molecule has 2 aromatic rings. The lowest BCUT2D eigenvalue weighted by Gasteiger charge is -2.00. The first-order valence-electron chi connectivity index (χ1n) is 5.30. The van der Waals surface area contributed by atoms with Crippen LogP contribution in [0.4, 0.5) is 0 Å². The van der Waals surface area contributed by atoms with Gasteiger partial charge in [0, 0.05) is 0 Å². The summed E-state index contributed by atoms with van der Waals surface area (Å²) in [5, 5.41) is 20.3. The first kappa shape index (κ1) is 13.5. The summed E-state index contributed by atoms with van der Waals surface area (Å²) >= 11 is 4.49. The molecule has 0 aliphatic rings. The number of ketones is 1. The van der Waals surface area contributed by atoms with E-state index in [-0.39, 0.29) is 17.1 Å². The molecule has 0 aliphatic carbocycles. The van der Waals surface area contributed by atoms with Crippen molar-refractivity contribution in [2.24, 2.45) is 0 Å². The number of aromatic hydroxyl groups is 1. The van der Waals surface area contributed by atoms with Crippen LogP contribution in [0.3, 0.4) is 0 Å². The maximum atomic E-state index is 12.1. The molecule has 1 aromatic heterocycles. The van der Waals surface area contributed by atoms with E-state index in [0.717, 1.165) is 0 Å². The van der Waals surface area contributed by atoms with Gasteiger partial charge in [0.05, 0.1) is 9.35 Å². The third-order valence-corrected chi connectivity index (χ3v) is 3.90. The van der Waals surface area contributed by atoms with Crippen molar-refractivity contribution in [3.63, 3.8) is 0 Å². The summed E-state index contributed by atoms with van der Waals surface area (Å²) < 4.78 is 0.516. The summed E-state index contributed by atoms with van der Waals surface area (Å²) in [6.45, 7) is 0. The van der Waals surface area contributed by atoms with Crippen LogP contribution in [0.1, 0.15) is 15.2 Å². The molecule has 0 spiro atoms. The number of carbonyl (C=O) groups excluding carboxylic acids is 1. The first-order chi connectivity index (χ1) is 9.11. The lowest BCUT2D eigenvalue weighted by molar-refractivity contribution is 0.104. The predicted molar refractivity (Wildman–Crippen MR) is 78.0 cm³/mol. The van der Waals surface area contributed by atoms with Crippen molar-refractivity contribution in [3.8, 4) is 11.8 Å². The molecule has 1 N–H and O–H groups in total. The summed E-state index contributed by atoms with van der Waals surface area (Å²) in [6.07, 6.45) is 1.51. The minimum Gasteiger partial charge on any atom is -0.507 e. The van der Waals surface area contributed by atoms with Gasteiger partial charge in [0.15, 0.2) is 0 Å². The van der Waals surface area contributed by atoms with Crippen molar-refractivity contribution >= 4 is 39.1 Å². The second kappa shape index (κ2) is 5.83. The molecular weight excluding hydrogens is 326 g/mol. The zero-order chi connectivity index (χ0) is 13.8. The summed E-state index contributed by atoms with van der Waals surface area (Å²) in [4.78, 5) is 12.6. The number of carbonyl (C=O) groups is 1. The number of hydrogen-bond acceptors (Lipinski definition) is 4. The van der Waals surface area contributed by atoms with E-state index in [1.807, 2.05) is 6.07 Å². The van der Waals surface area contributed by atoms with Gasteiger partial charge in [-0.05, 0) is 51.1 Å². The molecule has 0 bridgehead atoms. The van der Waals surface area contributed by atoms with Crippen molar-refractivity contribution in [1.29, 1.82) is 5.26 Å². The molecular formula is C14H8BrNO2S. The Labute approximate surface area is 122 Å². The van der Waals surface area contributed by atoms with Gasteiger partial charge in [-0.15, -0.1) is 11.3 Å². The first-order valence-corrected chi connectivity index (χ1v) is 6.97. The number of phenols is 1. The zero-order valence-electron chi connectivity index (χ0n) is 9.63. The van der Waals surface area contributed by atoms with Crippen LogP contribution in [0.5, 0.6) is 5.75 Å². The predicted octanol–water partition coefficient (Wildman–Crippen LogP) is 4.01. The van der Waals surface area contributed by atoms with E-state index < -0.39 is 0 Å². The number of benzene rings is 1. The van der Waals surface area contributed by atoms with Crippen LogP contribution >= 0.6 is 27.3 Å². The van der Waals surface area contributed by atoms with Gasteiger partial charge >= 0.3 is 0 Å². The third-order valence-electron chi connectivity index (χ3n) is 2.39. The Hall–Kier alpha value is -1.90. The molecule has 0 atom stereocenters. The maximum absolute atomic E-state index is 12.1. The van der Waals surface area contributed by atoms with E-state index in [9.17, 15) is 9.90 Å². The highest BCUT2D eigenvalue weighted by Gasteiger charge is 2.13. The number of halogens is 1. The fraction of sp³-hybridized carbons (Fsp3) is 0. The molecule has 1 aromatic carbocycles. The number of thiophene rings is 1. The summed E-state index contributed by atoms with van der Waals surface area (Å²) in [5.41, 5.74) is 0.742. The van der Waals surface area contributed by atoms with E-state index in [4.69, 9.17) is 5.26 Å². The van der Waals surface area contributed by atoms with Gasteiger partial charge in [0.25, 0.3) is 0 Å². The van der Waals surface area contributed by atoms with Crippen molar-refractivity contribution in [3.05, 3.63) is 56.2 Å². The molecule has 94 valence electrons. The summed E-state index contributed by atoms with van der Waals surface area (Å²) in [6, 6.07) is 10.2. The van der Waals surface area contributed by atoms with Gasteiger partial charge < -0.3 is 5.11 Å². The number of hydrogen-bond donors (Lipinski definition) is 1. The van der Waals surface area contributed by atoms with Crippen LogP contribution in [0.25, 0.3) is 6.08 Å². The molecule has 19 heavy (non-hydrogen) atoms. The normalized spacial score (nSPS) is 11.1. The number of allylic oxidation sites excluding steroid dienone is 1. The SMILES string of the molecule is N#CC(=Cc1ccc(O)c(Br)c1)C(=O)c1cccs1. The molecule has 0 saturated heterocycles. The van der Waals surface area contributed by atoms with E-state index in [0.29, 0.717) is 14.9 Å².